The van der Waals surface area contributed by atoms with Crippen molar-refractivity contribution in [1.82, 2.24) is 0 Å². The average molecular weight is 379 g/mol. The normalized spacial score (nSPS) is 76.3. The summed E-state index contributed by atoms with van der Waals surface area (Å²) in [6.07, 6.45) is 3.32. The molecule has 0 heteroatoms. The van der Waals surface area contributed by atoms with Gasteiger partial charge in [-0.2, -0.15) is 0 Å². The highest BCUT2D eigenvalue weighted by Crippen LogP contribution is 3.18. The van der Waals surface area contributed by atoms with Crippen LogP contribution in [-0.2, 0) is 0 Å². The van der Waals surface area contributed by atoms with Gasteiger partial charge in [-0.25, -0.2) is 0 Å². The third-order valence-electron chi connectivity index (χ3n) is 15.3. The zero-order valence-electron chi connectivity index (χ0n) is 19.8. The summed E-state index contributed by atoms with van der Waals surface area (Å²) in [5.74, 6) is 12.0. The van der Waals surface area contributed by atoms with Gasteiger partial charge >= 0.3 is 0 Å². The Morgan fingerprint density at radius 1 is 0.857 bits per heavy atom. The lowest BCUT2D eigenvalue weighted by molar-refractivity contribution is -0.0925. The first-order valence-corrected chi connectivity index (χ1v) is 12.9. The van der Waals surface area contributed by atoms with Crippen molar-refractivity contribution in [3.05, 3.63) is 0 Å². The summed E-state index contributed by atoms with van der Waals surface area (Å²) in [5, 5.41) is 0. The maximum absolute atomic E-state index is 2.80. The van der Waals surface area contributed by atoms with Crippen LogP contribution in [0.15, 0.2) is 0 Å². The minimum Gasteiger partial charge on any atom is -0.0625 e. The van der Waals surface area contributed by atoms with E-state index in [9.17, 15) is 0 Å². The molecular formula is C28H42. The molecule has 15 unspecified atom stereocenters. The number of hydrogen-bond donors (Lipinski definition) is 0. The van der Waals surface area contributed by atoms with E-state index in [4.69, 9.17) is 0 Å². The lowest BCUT2D eigenvalue weighted by atomic mass is 9.48. The van der Waals surface area contributed by atoms with Crippen LogP contribution < -0.4 is 0 Å². The van der Waals surface area contributed by atoms with Crippen LogP contribution >= 0.6 is 0 Å². The molecule has 0 N–H and O–H groups in total. The van der Waals surface area contributed by atoms with E-state index in [1.807, 2.05) is 0 Å². The highest BCUT2D eigenvalue weighted by molar-refractivity contribution is 5.61. The topological polar surface area (TPSA) is 0 Å². The van der Waals surface area contributed by atoms with Crippen molar-refractivity contribution in [3.63, 3.8) is 0 Å². The van der Waals surface area contributed by atoms with Crippen molar-refractivity contribution in [2.45, 2.75) is 75.2 Å². The fourth-order valence-electron chi connectivity index (χ4n) is 14.8. The van der Waals surface area contributed by atoms with Crippen LogP contribution in [0.2, 0.25) is 0 Å². The lowest BCUT2D eigenvalue weighted by Crippen LogP contribution is -2.52. The van der Waals surface area contributed by atoms with Crippen molar-refractivity contribution in [1.29, 1.82) is 0 Å². The van der Waals surface area contributed by atoms with Crippen LogP contribution in [0, 0.1) is 97.6 Å². The molecule has 0 bridgehead atoms. The zero-order valence-corrected chi connectivity index (χ0v) is 19.8. The Balaban J connectivity index is 1.28. The van der Waals surface area contributed by atoms with E-state index in [-0.39, 0.29) is 0 Å². The van der Waals surface area contributed by atoms with E-state index in [1.165, 1.54) is 17.8 Å². The molecule has 0 aliphatic heterocycles. The van der Waals surface area contributed by atoms with Gasteiger partial charge in [0, 0.05) is 0 Å². The molecule has 8 aliphatic rings. The van der Waals surface area contributed by atoms with Gasteiger partial charge in [0.15, 0.2) is 0 Å². The first-order chi connectivity index (χ1) is 12.9. The molecular weight excluding hydrogens is 336 g/mol. The lowest BCUT2D eigenvalue weighted by Gasteiger charge is -2.56. The second-order valence-electron chi connectivity index (χ2n) is 15.5. The Hall–Kier alpha value is 0. The van der Waals surface area contributed by atoms with Gasteiger partial charge in [-0.05, 0) is 110 Å². The second-order valence-corrected chi connectivity index (χ2v) is 15.5. The molecule has 28 heavy (non-hydrogen) atoms. The summed E-state index contributed by atoms with van der Waals surface area (Å²) >= 11 is 0. The monoisotopic (exact) mass is 378 g/mol. The third-order valence-corrected chi connectivity index (χ3v) is 15.3. The molecule has 8 rings (SSSR count). The highest BCUT2D eigenvalue weighted by Gasteiger charge is 3.15. The quantitative estimate of drug-likeness (QED) is 0.498. The van der Waals surface area contributed by atoms with Crippen LogP contribution in [0.3, 0.4) is 0 Å². The van der Waals surface area contributed by atoms with Gasteiger partial charge in [0.2, 0.25) is 0 Å². The molecule has 0 aromatic heterocycles. The summed E-state index contributed by atoms with van der Waals surface area (Å²) < 4.78 is 0. The second kappa shape index (κ2) is 3.62. The number of fused-ring (bicyclic) bond motifs is 2. The van der Waals surface area contributed by atoms with Crippen LogP contribution in [0.1, 0.15) is 75.2 Å². The van der Waals surface area contributed by atoms with Crippen molar-refractivity contribution < 1.29 is 0 Å². The molecule has 0 aromatic carbocycles. The van der Waals surface area contributed by atoms with Gasteiger partial charge in [0.05, 0.1) is 0 Å². The van der Waals surface area contributed by atoms with Crippen molar-refractivity contribution in [2.24, 2.45) is 97.6 Å². The fourth-order valence-corrected chi connectivity index (χ4v) is 14.8. The SMILES string of the molecule is CC(C)C(C)C1C23CC45CC6(C)C7C(C(C74)C4C5C2C413)C(C)C6(C)C(C)(C)C. The molecule has 0 heterocycles. The smallest absolute Gasteiger partial charge is 0.0127 e. The van der Waals surface area contributed by atoms with E-state index < -0.39 is 0 Å². The van der Waals surface area contributed by atoms with Gasteiger partial charge in [0.1, 0.15) is 0 Å². The molecule has 0 amide bonds. The zero-order chi connectivity index (χ0) is 19.8. The van der Waals surface area contributed by atoms with Crippen LogP contribution in [0.5, 0.6) is 0 Å². The number of rotatable bonds is 2. The van der Waals surface area contributed by atoms with E-state index >= 15 is 0 Å². The molecule has 8 fully saturated rings. The van der Waals surface area contributed by atoms with Crippen molar-refractivity contribution in [2.75, 3.05) is 0 Å². The van der Waals surface area contributed by atoms with E-state index in [0.29, 0.717) is 16.2 Å². The predicted octanol–water partition coefficient (Wildman–Crippen LogP) is 6.75. The third kappa shape index (κ3) is 0.977. The molecule has 0 radical (unpaired) electrons. The van der Waals surface area contributed by atoms with Gasteiger partial charge < -0.3 is 0 Å². The molecule has 15 atom stereocenters. The van der Waals surface area contributed by atoms with Crippen LogP contribution in [0.4, 0.5) is 0 Å². The number of hydrogen-bond acceptors (Lipinski definition) is 0. The molecule has 3 spiro atoms. The van der Waals surface area contributed by atoms with Crippen LogP contribution in [0.25, 0.3) is 0 Å². The summed E-state index contributed by atoms with van der Waals surface area (Å²) in [4.78, 5) is 0. The molecule has 8 aliphatic carbocycles. The maximum atomic E-state index is 2.80. The maximum Gasteiger partial charge on any atom is -0.0127 e. The fraction of sp³-hybridized carbons (Fsp3) is 1.00. The Bertz CT molecular complexity index is 852. The molecule has 8 saturated carbocycles. The Morgan fingerprint density at radius 3 is 2.14 bits per heavy atom. The van der Waals surface area contributed by atoms with Gasteiger partial charge in [-0.15, -0.1) is 0 Å². The molecule has 154 valence electrons. The first-order valence-electron chi connectivity index (χ1n) is 12.9. The van der Waals surface area contributed by atoms with Crippen LogP contribution in [-0.4, -0.2) is 0 Å². The standard InChI is InChI=1S/C28H42/c1-12(2)13(3)21-27-11-26-10-24(8)17-15(14(4)25(24,9)23(5,6)7)16(18(17)26)19-20(26)22(27)28(19,21)27/h12-22H,10-11H2,1-9H3. The average Bonchev–Trinajstić information content (AvgIpc) is 3.18. The summed E-state index contributed by atoms with van der Waals surface area (Å²) in [6.45, 7) is 23.6. The van der Waals surface area contributed by atoms with Gasteiger partial charge in [-0.1, -0.05) is 62.3 Å². The Kier molecular flexibility index (Phi) is 2.15. The van der Waals surface area contributed by atoms with Gasteiger partial charge in [-0.3, -0.25) is 0 Å². The Morgan fingerprint density at radius 2 is 1.54 bits per heavy atom. The minimum atomic E-state index is 0.432. The van der Waals surface area contributed by atoms with Crippen molar-refractivity contribution >= 4 is 0 Å². The van der Waals surface area contributed by atoms with Crippen molar-refractivity contribution in [3.8, 4) is 0 Å². The Labute approximate surface area is 173 Å². The molecule has 0 aromatic rings. The summed E-state index contributed by atoms with van der Waals surface area (Å²) in [7, 11) is 0. The minimum absolute atomic E-state index is 0.432. The van der Waals surface area contributed by atoms with E-state index in [2.05, 4.69) is 62.3 Å². The highest BCUT2D eigenvalue weighted by atomic mass is 15.2. The molecule has 0 saturated heterocycles. The largest absolute Gasteiger partial charge is 0.0625 e. The molecule has 0 nitrogen and oxygen atoms in total. The van der Waals surface area contributed by atoms with E-state index in [0.717, 1.165) is 63.6 Å². The summed E-state index contributed by atoms with van der Waals surface area (Å²) in [6, 6.07) is 0. The predicted molar refractivity (Wildman–Crippen MR) is 113 cm³/mol. The van der Waals surface area contributed by atoms with E-state index in [1.54, 1.807) is 12.8 Å². The van der Waals surface area contributed by atoms with Gasteiger partial charge in [0.25, 0.3) is 0 Å². The first kappa shape index (κ1) is 16.7. The summed E-state index contributed by atoms with van der Waals surface area (Å²) in [5.41, 5.74) is 4.17.